The standard InChI is InChI=1S/C17H18N4O3.C14H18N2O2.C13H15BrN2O2.C13H16N2O3.C4H3BrN2.C2H6.CH3F.2CH4.H2/c1-11-9-12(24-13-5-8-18-10-19-13)16(23)21-14(11)15(22)20-17(21)6-3-2-4-7-17;1-9-8-10(2)13(18)16-11(9)12(17)15-14(16)6-4-3-5-7-14;1-8-7-9(14)12(18)16-10(8)11(17)15-13(16)5-3-2-4-6-13;1-8-7-9(16)12(18)15-10(8)11(17)14-13(15)5-3-2-4-6-13;5-4-1-2-6-3-7-4;2*1-2;;;/h5,8-10H,2-4,6-7H2,1H3,(H,20,22);8H,3-7H2,1-2H3,(H,15,17);7H,2-6H2,1H3,(H,15,17);7,16H,2-6H2,1H3,(H,14,17);1-3H;1-2H3;1H3;2*1H4;1H/i;;;;;2*1D;;;1+1D. The van der Waals surface area contributed by atoms with Crippen molar-refractivity contribution >= 4 is 55.5 Å². The molecular formula is C66H89Br2FN12O10. The molecule has 4 spiro atoms. The number of rotatable bonds is 2. The number of hydrogen-bond donors (Lipinski definition) is 5. The van der Waals surface area contributed by atoms with Gasteiger partial charge < -0.3 is 31.1 Å². The van der Waals surface area contributed by atoms with E-state index in [2.05, 4.69) is 73.1 Å². The van der Waals surface area contributed by atoms with Crippen LogP contribution in [0.5, 0.6) is 17.4 Å². The third-order valence-corrected chi connectivity index (χ3v) is 18.7. The van der Waals surface area contributed by atoms with Gasteiger partial charge in [-0.2, -0.15) is 0 Å². The van der Waals surface area contributed by atoms with Gasteiger partial charge >= 0.3 is 0 Å². The Morgan fingerprint density at radius 3 is 1.22 bits per heavy atom. The number of pyridine rings is 4. The van der Waals surface area contributed by atoms with Crippen LogP contribution in [0.3, 0.4) is 0 Å². The highest BCUT2D eigenvalue weighted by atomic mass is 79.9. The number of aromatic hydroxyl groups is 1. The number of aryl methyl sites for hydroxylation is 5. The summed E-state index contributed by atoms with van der Waals surface area (Å²) in [5.74, 6) is -0.386. The summed E-state index contributed by atoms with van der Waals surface area (Å²) in [5.41, 5.74) is 2.75. The zero-order valence-corrected chi connectivity index (χ0v) is 54.3. The molecule has 0 saturated heterocycles. The Morgan fingerprint density at radius 2 is 0.857 bits per heavy atom. The molecule has 0 radical (unpaired) electrons. The van der Waals surface area contributed by atoms with E-state index in [1.54, 1.807) is 64.2 Å². The van der Waals surface area contributed by atoms with Crippen LogP contribution >= 0.6 is 31.9 Å². The first-order valence-corrected chi connectivity index (χ1v) is 31.8. The van der Waals surface area contributed by atoms with Crippen molar-refractivity contribution in [2.24, 2.45) is 0 Å². The molecule has 6 aromatic rings. The molecule has 494 valence electrons. The lowest BCUT2D eigenvalue weighted by Crippen LogP contribution is -2.48. The number of carbonyl (C=O) groups is 4. The van der Waals surface area contributed by atoms with Crippen molar-refractivity contribution in [1.82, 2.24) is 59.5 Å². The van der Waals surface area contributed by atoms with Gasteiger partial charge in [0.15, 0.2) is 11.5 Å². The SMILES string of the molecule is Brc1ccncn1.C.C.Cc1cc(Br)c(=O)n2c1C(=O)NC21CCCCC1.Cc1cc(C)c(=O)n2c1C(=O)NC21CCCCC1.Cc1cc(O)c(=O)n2c1C(=O)NC21CCCCC1.Cc1cc(Oc2ccncn2)c(=O)n2c1C(=O)NC21CCCCC1.[2H]CC.[2H]CF.[2H][2H]. The molecule has 14 rings (SSSR count). The second-order valence-corrected chi connectivity index (χ2v) is 25.1. The number of fused-ring (bicyclic) bond motifs is 8. The van der Waals surface area contributed by atoms with Crippen LogP contribution in [-0.4, -0.2) is 74.1 Å². The normalized spacial score (nSPS) is 18.4. The Morgan fingerprint density at radius 1 is 0.516 bits per heavy atom. The number of carbonyl (C=O) groups excluding carboxylic acids is 4. The van der Waals surface area contributed by atoms with Crippen molar-refractivity contribution < 1.29 is 39.1 Å². The summed E-state index contributed by atoms with van der Waals surface area (Å²) in [6.07, 6.45) is 25.4. The number of nitrogens with one attached hydrogen (secondary N) is 4. The van der Waals surface area contributed by atoms with Gasteiger partial charge in [-0.3, -0.25) is 61.0 Å². The predicted octanol–water partition coefficient (Wildman–Crippen LogP) is 11.8. The largest absolute Gasteiger partial charge is 0.503 e. The number of nitrogens with zero attached hydrogens (tertiary/aromatic N) is 8. The molecule has 5 N–H and O–H groups in total. The minimum Gasteiger partial charge on any atom is -0.503 e. The van der Waals surface area contributed by atoms with Crippen LogP contribution in [0.25, 0.3) is 0 Å². The second kappa shape index (κ2) is 30.6. The topological polar surface area (TPSA) is 285 Å². The smallest absolute Gasteiger partial charge is 0.296 e. The van der Waals surface area contributed by atoms with Crippen LogP contribution < -0.4 is 48.2 Å². The summed E-state index contributed by atoms with van der Waals surface area (Å²) >= 11 is 6.46. The molecule has 0 bridgehead atoms. The van der Waals surface area contributed by atoms with Crippen LogP contribution in [0.4, 0.5) is 4.39 Å². The molecule has 6 aromatic heterocycles. The minimum absolute atomic E-state index is 0. The van der Waals surface area contributed by atoms with Crippen LogP contribution in [0, 0.1) is 34.6 Å². The van der Waals surface area contributed by atoms with E-state index in [1.165, 1.54) is 36.1 Å². The number of amides is 4. The fourth-order valence-electron chi connectivity index (χ4n) is 13.9. The Labute approximate surface area is 552 Å². The van der Waals surface area contributed by atoms with E-state index in [1.807, 2.05) is 33.8 Å². The zero-order chi connectivity index (χ0) is 68.0. The fraction of sp³-hybridized carbons (Fsp3) is 0.515. The summed E-state index contributed by atoms with van der Waals surface area (Å²) in [7, 11) is -1.00. The van der Waals surface area contributed by atoms with Crippen molar-refractivity contribution in [2.75, 3.05) is 7.15 Å². The first-order valence-electron chi connectivity index (χ1n) is 32.6. The first-order chi connectivity index (χ1) is 44.5. The lowest BCUT2D eigenvalue weighted by Gasteiger charge is -2.35. The molecule has 25 heteroatoms. The highest BCUT2D eigenvalue weighted by molar-refractivity contribution is 9.10. The molecule has 4 saturated carbocycles. The summed E-state index contributed by atoms with van der Waals surface area (Å²) in [6, 6.07) is 9.89. The Bertz CT molecular complexity index is 3680. The summed E-state index contributed by atoms with van der Waals surface area (Å²) in [4.78, 5) is 114. The second-order valence-electron chi connectivity index (χ2n) is 23.4. The highest BCUT2D eigenvalue weighted by Crippen LogP contribution is 2.41. The summed E-state index contributed by atoms with van der Waals surface area (Å²) < 4.78 is 45.2. The summed E-state index contributed by atoms with van der Waals surface area (Å²) in [5, 5.41) is 21.8. The molecular weight excluding hydrogens is 1300 g/mol. The molecule has 0 atom stereocenters. The van der Waals surface area contributed by atoms with Gasteiger partial charge in [0.05, 0.1) is 13.0 Å². The van der Waals surface area contributed by atoms with Gasteiger partial charge in [0, 0.05) is 28.4 Å². The average Bonchev–Trinajstić information content (AvgIpc) is 1.63. The Kier molecular flexibility index (Phi) is 22.8. The molecule has 4 aliphatic carbocycles. The fourth-order valence-corrected chi connectivity index (χ4v) is 14.6. The van der Waals surface area contributed by atoms with E-state index >= 15 is 0 Å². The maximum absolute atomic E-state index is 13.0. The van der Waals surface area contributed by atoms with Gasteiger partial charge in [0.1, 0.15) is 62.7 Å². The maximum Gasteiger partial charge on any atom is 0.296 e. The van der Waals surface area contributed by atoms with E-state index in [4.69, 9.17) is 10.4 Å². The lowest BCUT2D eigenvalue weighted by atomic mass is 9.89. The van der Waals surface area contributed by atoms with E-state index in [0.29, 0.717) is 45.6 Å². The van der Waals surface area contributed by atoms with E-state index in [9.17, 15) is 47.9 Å². The lowest BCUT2D eigenvalue weighted by molar-refractivity contribution is 0.0866. The van der Waals surface area contributed by atoms with Gasteiger partial charge in [-0.05, 0) is 222 Å². The Balaban J connectivity index is 0.000000213. The van der Waals surface area contributed by atoms with Crippen molar-refractivity contribution in [3.8, 4) is 17.4 Å². The number of aromatic nitrogens is 8. The Hall–Kier alpha value is -7.67. The summed E-state index contributed by atoms with van der Waals surface area (Å²) in [6.45, 7) is 11.4. The van der Waals surface area contributed by atoms with Crippen LogP contribution in [0.1, 0.15) is 233 Å². The van der Waals surface area contributed by atoms with Gasteiger partial charge in [-0.25, -0.2) is 19.9 Å². The number of ether oxygens (including phenoxy) is 1. The monoisotopic (exact) mass is 1390 g/mol. The molecule has 0 unspecified atom stereocenters. The predicted molar refractivity (Wildman–Crippen MR) is 356 cm³/mol. The minimum atomic E-state index is -1.00. The molecule has 10 heterocycles. The molecule has 4 aliphatic heterocycles. The number of halogens is 3. The quantitative estimate of drug-likeness (QED) is 0.101. The molecule has 91 heavy (non-hydrogen) atoms. The van der Waals surface area contributed by atoms with E-state index in [-0.39, 0.29) is 66.7 Å². The van der Waals surface area contributed by atoms with E-state index in [0.717, 1.165) is 142 Å². The third kappa shape index (κ3) is 14.4. The van der Waals surface area contributed by atoms with Crippen molar-refractivity contribution in [1.29, 1.82) is 0 Å². The van der Waals surface area contributed by atoms with Gasteiger partial charge in [-0.15, -0.1) is 0 Å². The van der Waals surface area contributed by atoms with Gasteiger partial charge in [0.2, 0.25) is 5.88 Å². The molecule has 0 aromatic carbocycles. The third-order valence-electron chi connectivity index (χ3n) is 17.6. The van der Waals surface area contributed by atoms with Crippen molar-refractivity contribution in [3.63, 3.8) is 0 Å². The average molecular weight is 1390 g/mol. The zero-order valence-electron chi connectivity index (χ0n) is 55.2. The highest BCUT2D eigenvalue weighted by Gasteiger charge is 2.49. The van der Waals surface area contributed by atoms with Gasteiger partial charge in [-0.1, -0.05) is 54.4 Å². The molecule has 8 aliphatic rings. The van der Waals surface area contributed by atoms with Crippen LogP contribution in [0.2, 0.25) is 0 Å². The van der Waals surface area contributed by atoms with Crippen molar-refractivity contribution in [2.45, 2.75) is 214 Å². The maximum atomic E-state index is 13.0. The first kappa shape index (κ1) is 67.7. The van der Waals surface area contributed by atoms with Gasteiger partial charge in [0.25, 0.3) is 45.9 Å². The molecule has 4 amide bonds. The van der Waals surface area contributed by atoms with Crippen LogP contribution in [0.15, 0.2) is 89.7 Å². The number of alkyl halides is 1. The molecule has 22 nitrogen and oxygen atoms in total. The van der Waals surface area contributed by atoms with Crippen molar-refractivity contribution in [3.05, 3.63) is 163 Å². The molecule has 4 fully saturated rings. The van der Waals surface area contributed by atoms with Crippen LogP contribution in [-0.2, 0) is 22.7 Å². The number of hydrogen-bond acceptors (Lipinski definition) is 14. The van der Waals surface area contributed by atoms with E-state index < -0.39 is 35.4 Å².